The molecule has 1 saturated heterocycles. The van der Waals surface area contributed by atoms with Gasteiger partial charge in [0.05, 0.1) is 4.91 Å². The summed E-state index contributed by atoms with van der Waals surface area (Å²) in [5.41, 5.74) is 0.924. The van der Waals surface area contributed by atoms with E-state index in [9.17, 15) is 4.79 Å². The van der Waals surface area contributed by atoms with Crippen molar-refractivity contribution in [3.05, 3.63) is 64.7 Å². The molecule has 1 amide bonds. The third-order valence-electron chi connectivity index (χ3n) is 3.21. The molecule has 1 aliphatic rings. The van der Waals surface area contributed by atoms with E-state index in [1.165, 1.54) is 16.7 Å². The van der Waals surface area contributed by atoms with Gasteiger partial charge in [-0.3, -0.25) is 9.69 Å². The van der Waals surface area contributed by atoms with Gasteiger partial charge in [-0.15, -0.1) is 6.58 Å². The molecule has 23 heavy (non-hydrogen) atoms. The Hall–Kier alpha value is -1.82. The minimum Gasteiger partial charge on any atom is -0.457 e. The number of nitrogens with zero attached hydrogens (tertiary/aromatic N) is 1. The van der Waals surface area contributed by atoms with Crippen molar-refractivity contribution in [3.63, 3.8) is 0 Å². The Morgan fingerprint density at radius 3 is 2.70 bits per heavy atom. The molecule has 0 saturated carbocycles. The minimum absolute atomic E-state index is 0.121. The summed E-state index contributed by atoms with van der Waals surface area (Å²) in [6.07, 6.45) is 3.36. The van der Waals surface area contributed by atoms with Crippen molar-refractivity contribution >= 4 is 51.9 Å². The van der Waals surface area contributed by atoms with Crippen LogP contribution in [0.2, 0.25) is 5.02 Å². The van der Waals surface area contributed by atoms with Gasteiger partial charge >= 0.3 is 0 Å². The summed E-state index contributed by atoms with van der Waals surface area (Å²) in [5.74, 6) is 1.20. The Kier molecular flexibility index (Phi) is 4.71. The maximum atomic E-state index is 12.3. The second kappa shape index (κ2) is 6.74. The fraction of sp³-hybridized carbons (Fsp3) is 0.0588. The Balaban J connectivity index is 1.84. The number of hydrogen-bond donors (Lipinski definition) is 0. The average Bonchev–Trinajstić information content (AvgIpc) is 3.09. The molecule has 1 fully saturated rings. The van der Waals surface area contributed by atoms with Gasteiger partial charge in [0.1, 0.15) is 15.8 Å². The van der Waals surface area contributed by atoms with E-state index in [2.05, 4.69) is 6.58 Å². The number of carbonyl (C=O) groups is 1. The van der Waals surface area contributed by atoms with Crippen molar-refractivity contribution in [2.75, 3.05) is 6.54 Å². The highest BCUT2D eigenvalue weighted by molar-refractivity contribution is 8.26. The standard InChI is InChI=1S/C17H12ClNO2S2/c1-2-9-19-16(20)15(23-17(19)22)10-13-7-8-14(21-13)11-3-5-12(18)6-4-11/h2-8,10H,1,9H2/b15-10-. The lowest BCUT2D eigenvalue weighted by Gasteiger charge is -2.10. The van der Waals surface area contributed by atoms with Crippen molar-refractivity contribution in [2.45, 2.75) is 0 Å². The number of benzene rings is 1. The SMILES string of the molecule is C=CCN1C(=O)/C(=C/c2ccc(-c3ccc(Cl)cc3)o2)SC1=S. The van der Waals surface area contributed by atoms with E-state index < -0.39 is 0 Å². The molecule has 0 radical (unpaired) electrons. The van der Waals surface area contributed by atoms with E-state index >= 15 is 0 Å². The Morgan fingerprint density at radius 2 is 2.00 bits per heavy atom. The summed E-state index contributed by atoms with van der Waals surface area (Å²) in [4.78, 5) is 14.3. The van der Waals surface area contributed by atoms with E-state index in [0.717, 1.165) is 11.3 Å². The van der Waals surface area contributed by atoms with Crippen LogP contribution in [0.1, 0.15) is 5.76 Å². The number of hydrogen-bond acceptors (Lipinski definition) is 4. The van der Waals surface area contributed by atoms with Crippen LogP contribution in [0.25, 0.3) is 17.4 Å². The Morgan fingerprint density at radius 1 is 1.26 bits per heavy atom. The first kappa shape index (κ1) is 16.1. The molecule has 0 aliphatic carbocycles. The minimum atomic E-state index is -0.121. The molecule has 1 aromatic carbocycles. The van der Waals surface area contributed by atoms with Crippen molar-refractivity contribution < 1.29 is 9.21 Å². The van der Waals surface area contributed by atoms with E-state index in [4.69, 9.17) is 28.2 Å². The lowest BCUT2D eigenvalue weighted by molar-refractivity contribution is -0.121. The lowest BCUT2D eigenvalue weighted by Crippen LogP contribution is -2.27. The first-order valence-corrected chi connectivity index (χ1v) is 8.41. The van der Waals surface area contributed by atoms with Gasteiger partial charge in [0.25, 0.3) is 5.91 Å². The molecule has 0 spiro atoms. The van der Waals surface area contributed by atoms with Crippen LogP contribution in [0.4, 0.5) is 0 Å². The Bertz CT molecular complexity index is 808. The molecular formula is C17H12ClNO2S2. The van der Waals surface area contributed by atoms with Crippen LogP contribution in [0.5, 0.6) is 0 Å². The zero-order valence-corrected chi connectivity index (χ0v) is 14.4. The number of thiocarbonyl (C=S) groups is 1. The third kappa shape index (κ3) is 3.42. The second-order valence-corrected chi connectivity index (χ2v) is 6.90. The van der Waals surface area contributed by atoms with Gasteiger partial charge in [-0.1, -0.05) is 41.7 Å². The Labute approximate surface area is 148 Å². The van der Waals surface area contributed by atoms with Gasteiger partial charge in [0.15, 0.2) is 0 Å². The number of halogens is 1. The first-order valence-electron chi connectivity index (χ1n) is 6.80. The van der Waals surface area contributed by atoms with Crippen LogP contribution in [0, 0.1) is 0 Å². The molecule has 0 unspecified atom stereocenters. The predicted octanol–water partition coefficient (Wildman–Crippen LogP) is 4.99. The highest BCUT2D eigenvalue weighted by Gasteiger charge is 2.31. The summed E-state index contributed by atoms with van der Waals surface area (Å²) in [6, 6.07) is 11.1. The zero-order chi connectivity index (χ0) is 16.4. The molecule has 0 atom stereocenters. The van der Waals surface area contributed by atoms with E-state index in [1.807, 2.05) is 24.3 Å². The monoisotopic (exact) mass is 361 g/mol. The fourth-order valence-electron chi connectivity index (χ4n) is 2.12. The molecule has 3 nitrogen and oxygen atoms in total. The van der Waals surface area contributed by atoms with E-state index in [-0.39, 0.29) is 5.91 Å². The summed E-state index contributed by atoms with van der Waals surface area (Å²) < 4.78 is 6.32. The molecule has 3 rings (SSSR count). The topological polar surface area (TPSA) is 33.5 Å². The van der Waals surface area contributed by atoms with Crippen LogP contribution in [-0.2, 0) is 4.79 Å². The third-order valence-corrected chi connectivity index (χ3v) is 4.84. The smallest absolute Gasteiger partial charge is 0.266 e. The van der Waals surface area contributed by atoms with Gasteiger partial charge in [0, 0.05) is 23.2 Å². The predicted molar refractivity (Wildman–Crippen MR) is 99.2 cm³/mol. The quantitative estimate of drug-likeness (QED) is 0.436. The fourth-order valence-corrected chi connectivity index (χ4v) is 3.50. The number of amides is 1. The second-order valence-electron chi connectivity index (χ2n) is 4.79. The van der Waals surface area contributed by atoms with Gasteiger partial charge in [-0.2, -0.15) is 0 Å². The molecular weight excluding hydrogens is 350 g/mol. The van der Waals surface area contributed by atoms with E-state index in [1.54, 1.807) is 24.3 Å². The number of thioether (sulfide) groups is 1. The molecule has 1 aliphatic heterocycles. The molecule has 0 N–H and O–H groups in total. The summed E-state index contributed by atoms with van der Waals surface area (Å²) in [6.45, 7) is 4.05. The van der Waals surface area contributed by atoms with Crippen LogP contribution in [0.15, 0.2) is 58.4 Å². The van der Waals surface area contributed by atoms with Gasteiger partial charge in [-0.25, -0.2) is 0 Å². The number of rotatable bonds is 4. The van der Waals surface area contributed by atoms with Crippen LogP contribution in [-0.4, -0.2) is 21.7 Å². The number of furan rings is 1. The van der Waals surface area contributed by atoms with Gasteiger partial charge < -0.3 is 4.42 Å². The normalized spacial score (nSPS) is 16.4. The molecule has 1 aromatic heterocycles. The molecule has 2 aromatic rings. The van der Waals surface area contributed by atoms with Crippen molar-refractivity contribution in [1.82, 2.24) is 4.90 Å². The van der Waals surface area contributed by atoms with Crippen molar-refractivity contribution in [3.8, 4) is 11.3 Å². The summed E-state index contributed by atoms with van der Waals surface area (Å²) in [7, 11) is 0. The van der Waals surface area contributed by atoms with Gasteiger partial charge in [0.2, 0.25) is 0 Å². The maximum Gasteiger partial charge on any atom is 0.266 e. The average molecular weight is 362 g/mol. The molecule has 116 valence electrons. The first-order chi connectivity index (χ1) is 11.1. The molecule has 6 heteroatoms. The lowest BCUT2D eigenvalue weighted by atomic mass is 10.2. The summed E-state index contributed by atoms with van der Waals surface area (Å²) >= 11 is 12.4. The largest absolute Gasteiger partial charge is 0.457 e. The van der Waals surface area contributed by atoms with Crippen molar-refractivity contribution in [2.24, 2.45) is 0 Å². The number of carbonyl (C=O) groups excluding carboxylic acids is 1. The maximum absolute atomic E-state index is 12.3. The highest BCUT2D eigenvalue weighted by Crippen LogP contribution is 2.33. The molecule has 0 bridgehead atoms. The molecule has 2 heterocycles. The van der Waals surface area contributed by atoms with Crippen molar-refractivity contribution in [1.29, 1.82) is 0 Å². The highest BCUT2D eigenvalue weighted by atomic mass is 35.5. The zero-order valence-electron chi connectivity index (χ0n) is 12.0. The van der Waals surface area contributed by atoms with Crippen LogP contribution in [0.3, 0.4) is 0 Å². The summed E-state index contributed by atoms with van der Waals surface area (Å²) in [5, 5.41) is 0.673. The van der Waals surface area contributed by atoms with Gasteiger partial charge in [-0.05, 0) is 36.4 Å². The van der Waals surface area contributed by atoms with Crippen LogP contribution >= 0.6 is 35.6 Å². The van der Waals surface area contributed by atoms with E-state index in [0.29, 0.717) is 26.6 Å². The van der Waals surface area contributed by atoms with Crippen LogP contribution < -0.4 is 0 Å².